The maximum atomic E-state index is 11.9. The van der Waals surface area contributed by atoms with Crippen molar-refractivity contribution in [3.05, 3.63) is 44.9 Å². The van der Waals surface area contributed by atoms with Crippen LogP contribution in [0.5, 0.6) is 5.75 Å². The normalized spacial score (nSPS) is 10.6. The molecular formula is C19H22N2O3S. The predicted octanol–water partition coefficient (Wildman–Crippen LogP) is 4.13. The molecule has 1 heterocycles. The quantitative estimate of drug-likeness (QED) is 0.696. The smallest absolute Gasteiger partial charge is 0.350 e. The Bertz CT molecular complexity index is 790. The lowest BCUT2D eigenvalue weighted by Crippen LogP contribution is -2.05. The Morgan fingerprint density at radius 1 is 1.40 bits per heavy atom. The molecule has 0 amide bonds. The third kappa shape index (κ3) is 5.04. The summed E-state index contributed by atoms with van der Waals surface area (Å²) in [7, 11) is 0. The first-order valence-corrected chi connectivity index (χ1v) is 9.05. The molecule has 1 aromatic heterocycles. The SMILES string of the molecule is CCOC(=O)c1sc(Cc2ccc(OCC(C)C)c(C#N)c2)nc1C. The Labute approximate surface area is 152 Å². The fourth-order valence-electron chi connectivity index (χ4n) is 2.25. The largest absolute Gasteiger partial charge is 0.492 e. The molecule has 132 valence electrons. The van der Waals surface area contributed by atoms with Crippen LogP contribution in [0.25, 0.3) is 0 Å². The van der Waals surface area contributed by atoms with Crippen LogP contribution in [0.3, 0.4) is 0 Å². The average molecular weight is 358 g/mol. The molecule has 0 aliphatic rings. The second-order valence-electron chi connectivity index (χ2n) is 6.07. The molecule has 0 aliphatic carbocycles. The van der Waals surface area contributed by atoms with E-state index in [1.807, 2.05) is 18.2 Å². The van der Waals surface area contributed by atoms with Gasteiger partial charge < -0.3 is 9.47 Å². The van der Waals surface area contributed by atoms with Crippen LogP contribution >= 0.6 is 11.3 Å². The van der Waals surface area contributed by atoms with Gasteiger partial charge in [0, 0.05) is 6.42 Å². The molecular weight excluding hydrogens is 336 g/mol. The lowest BCUT2D eigenvalue weighted by molar-refractivity contribution is 0.0531. The topological polar surface area (TPSA) is 72.2 Å². The molecule has 25 heavy (non-hydrogen) atoms. The zero-order valence-corrected chi connectivity index (χ0v) is 15.8. The van der Waals surface area contributed by atoms with Crippen LogP contribution in [0.1, 0.15) is 52.3 Å². The van der Waals surface area contributed by atoms with Crippen molar-refractivity contribution in [3.8, 4) is 11.8 Å². The summed E-state index contributed by atoms with van der Waals surface area (Å²) in [4.78, 5) is 16.9. The summed E-state index contributed by atoms with van der Waals surface area (Å²) in [5.41, 5.74) is 2.14. The number of ether oxygens (including phenoxy) is 2. The van der Waals surface area contributed by atoms with Gasteiger partial charge in [-0.2, -0.15) is 5.26 Å². The molecule has 0 spiro atoms. The van der Waals surface area contributed by atoms with Crippen LogP contribution in [0.15, 0.2) is 18.2 Å². The van der Waals surface area contributed by atoms with E-state index < -0.39 is 0 Å². The molecule has 0 saturated heterocycles. The minimum Gasteiger partial charge on any atom is -0.492 e. The van der Waals surface area contributed by atoms with Gasteiger partial charge in [0.25, 0.3) is 0 Å². The van der Waals surface area contributed by atoms with E-state index in [-0.39, 0.29) is 5.97 Å². The highest BCUT2D eigenvalue weighted by molar-refractivity contribution is 7.13. The molecule has 2 rings (SSSR count). The number of nitrogens with zero attached hydrogens (tertiary/aromatic N) is 2. The number of esters is 1. The summed E-state index contributed by atoms with van der Waals surface area (Å²) in [6, 6.07) is 7.75. The van der Waals surface area contributed by atoms with Crippen molar-refractivity contribution in [3.63, 3.8) is 0 Å². The van der Waals surface area contributed by atoms with Gasteiger partial charge in [-0.1, -0.05) is 19.9 Å². The zero-order chi connectivity index (χ0) is 18.4. The van der Waals surface area contributed by atoms with Crippen LogP contribution in [0.4, 0.5) is 0 Å². The van der Waals surface area contributed by atoms with E-state index in [0.29, 0.717) is 47.4 Å². The predicted molar refractivity (Wildman–Crippen MR) is 97.1 cm³/mol. The number of rotatable bonds is 7. The molecule has 6 heteroatoms. The highest BCUT2D eigenvalue weighted by Crippen LogP contribution is 2.25. The molecule has 0 fully saturated rings. The first-order chi connectivity index (χ1) is 11.9. The second-order valence-corrected chi connectivity index (χ2v) is 7.15. The summed E-state index contributed by atoms with van der Waals surface area (Å²) in [5.74, 6) is 0.659. The Balaban J connectivity index is 2.17. The fraction of sp³-hybridized carbons (Fsp3) is 0.421. The van der Waals surface area contributed by atoms with Gasteiger partial charge in [0.2, 0.25) is 0 Å². The minimum absolute atomic E-state index is 0.334. The van der Waals surface area contributed by atoms with Crippen LogP contribution in [0.2, 0.25) is 0 Å². The number of hydrogen-bond acceptors (Lipinski definition) is 6. The van der Waals surface area contributed by atoms with Gasteiger partial charge in [-0.25, -0.2) is 9.78 Å². The molecule has 2 aromatic rings. The van der Waals surface area contributed by atoms with Gasteiger partial charge in [-0.15, -0.1) is 11.3 Å². The standard InChI is InChI=1S/C19H22N2O3S/c1-5-23-19(22)18-13(4)21-17(25-18)9-14-6-7-16(15(8-14)10-20)24-11-12(2)3/h6-8,12H,5,9,11H2,1-4H3. The number of nitriles is 1. The number of aryl methyl sites for hydroxylation is 1. The highest BCUT2D eigenvalue weighted by atomic mass is 32.1. The Hall–Kier alpha value is -2.39. The summed E-state index contributed by atoms with van der Waals surface area (Å²) < 4.78 is 10.7. The molecule has 0 N–H and O–H groups in total. The first-order valence-electron chi connectivity index (χ1n) is 8.23. The number of hydrogen-bond donors (Lipinski definition) is 0. The van der Waals surface area contributed by atoms with Crippen molar-refractivity contribution >= 4 is 17.3 Å². The molecule has 0 atom stereocenters. The Kier molecular flexibility index (Phi) is 6.54. The van der Waals surface area contributed by atoms with Gasteiger partial charge >= 0.3 is 5.97 Å². The number of carbonyl (C=O) groups is 1. The Morgan fingerprint density at radius 2 is 2.16 bits per heavy atom. The fourth-order valence-corrected chi connectivity index (χ4v) is 3.24. The van der Waals surface area contributed by atoms with Gasteiger partial charge in [0.15, 0.2) is 0 Å². The van der Waals surface area contributed by atoms with E-state index in [1.165, 1.54) is 11.3 Å². The third-order valence-corrected chi connectivity index (χ3v) is 4.53. The lowest BCUT2D eigenvalue weighted by atomic mass is 10.1. The Morgan fingerprint density at radius 3 is 2.80 bits per heavy atom. The van der Waals surface area contributed by atoms with Crippen LogP contribution in [-0.4, -0.2) is 24.2 Å². The number of thiazole rings is 1. The summed E-state index contributed by atoms with van der Waals surface area (Å²) >= 11 is 1.33. The van der Waals surface area contributed by atoms with E-state index in [0.717, 1.165) is 10.6 Å². The second kappa shape index (κ2) is 8.63. The molecule has 1 aromatic carbocycles. The molecule has 0 saturated carbocycles. The van der Waals surface area contributed by atoms with Crippen molar-refractivity contribution in [2.45, 2.75) is 34.1 Å². The van der Waals surface area contributed by atoms with Crippen molar-refractivity contribution < 1.29 is 14.3 Å². The molecule has 0 bridgehead atoms. The summed E-state index contributed by atoms with van der Waals surface area (Å²) in [6.07, 6.45) is 0.560. The van der Waals surface area contributed by atoms with Crippen molar-refractivity contribution in [1.82, 2.24) is 4.98 Å². The number of benzene rings is 1. The van der Waals surface area contributed by atoms with Gasteiger partial charge in [-0.3, -0.25) is 0 Å². The maximum absolute atomic E-state index is 11.9. The summed E-state index contributed by atoms with van der Waals surface area (Å²) in [6.45, 7) is 8.62. The van der Waals surface area contributed by atoms with Crippen LogP contribution in [0, 0.1) is 24.2 Å². The lowest BCUT2D eigenvalue weighted by Gasteiger charge is -2.10. The third-order valence-electron chi connectivity index (χ3n) is 3.39. The summed E-state index contributed by atoms with van der Waals surface area (Å²) in [5, 5.41) is 10.2. The van der Waals surface area contributed by atoms with E-state index in [9.17, 15) is 10.1 Å². The number of aromatic nitrogens is 1. The van der Waals surface area contributed by atoms with Crippen LogP contribution < -0.4 is 4.74 Å². The number of carbonyl (C=O) groups excluding carboxylic acids is 1. The van der Waals surface area contributed by atoms with Gasteiger partial charge in [0.05, 0.1) is 29.5 Å². The van der Waals surface area contributed by atoms with E-state index in [2.05, 4.69) is 24.9 Å². The van der Waals surface area contributed by atoms with E-state index in [4.69, 9.17) is 9.47 Å². The maximum Gasteiger partial charge on any atom is 0.350 e. The zero-order valence-electron chi connectivity index (χ0n) is 15.0. The first kappa shape index (κ1) is 18.9. The van der Waals surface area contributed by atoms with E-state index in [1.54, 1.807) is 13.8 Å². The van der Waals surface area contributed by atoms with Gasteiger partial charge in [-0.05, 0) is 37.5 Å². The minimum atomic E-state index is -0.334. The van der Waals surface area contributed by atoms with Crippen molar-refractivity contribution in [1.29, 1.82) is 5.26 Å². The molecule has 0 radical (unpaired) electrons. The van der Waals surface area contributed by atoms with E-state index >= 15 is 0 Å². The molecule has 0 aliphatic heterocycles. The average Bonchev–Trinajstić information content (AvgIpc) is 2.94. The van der Waals surface area contributed by atoms with Crippen molar-refractivity contribution in [2.24, 2.45) is 5.92 Å². The highest BCUT2D eigenvalue weighted by Gasteiger charge is 2.17. The van der Waals surface area contributed by atoms with Crippen molar-refractivity contribution in [2.75, 3.05) is 13.2 Å². The van der Waals surface area contributed by atoms with Gasteiger partial charge in [0.1, 0.15) is 16.7 Å². The monoisotopic (exact) mass is 358 g/mol. The van der Waals surface area contributed by atoms with Crippen LogP contribution in [-0.2, 0) is 11.2 Å². The molecule has 0 unspecified atom stereocenters. The molecule has 5 nitrogen and oxygen atoms in total.